The molecule has 0 saturated heterocycles. The van der Waals surface area contributed by atoms with Gasteiger partial charge in [-0.15, -0.1) is 0 Å². The number of rotatable bonds is 4. The van der Waals surface area contributed by atoms with Crippen LogP contribution in [0.4, 0.5) is 4.79 Å². The maximum Gasteiger partial charge on any atom is 0.319 e. The Bertz CT molecular complexity index is 1020. The van der Waals surface area contributed by atoms with Crippen LogP contribution in [0.1, 0.15) is 37.9 Å². The van der Waals surface area contributed by atoms with Gasteiger partial charge in [0, 0.05) is 26.7 Å². The summed E-state index contributed by atoms with van der Waals surface area (Å²) in [6.45, 7) is 6.14. The Morgan fingerprint density at radius 1 is 1.17 bits per heavy atom. The summed E-state index contributed by atoms with van der Waals surface area (Å²) in [4.78, 5) is 12.2. The number of ether oxygens (including phenoxy) is 1. The monoisotopic (exact) mass is 429 g/mol. The van der Waals surface area contributed by atoms with Crippen molar-refractivity contribution < 1.29 is 9.53 Å². The molecule has 3 rings (SSSR count). The molecule has 2 aromatic carbocycles. The molecule has 2 N–H and O–H groups in total. The number of urea groups is 1. The molecule has 7 heteroatoms. The number of nitrogens with one attached hydrogen (secondary N) is 2. The van der Waals surface area contributed by atoms with Gasteiger partial charge in [-0.3, -0.25) is 0 Å². The Kier molecular flexibility index (Phi) is 6.07. The Morgan fingerprint density at radius 2 is 1.93 bits per heavy atom. The van der Waals surface area contributed by atoms with Gasteiger partial charge in [0.05, 0.1) is 17.7 Å². The normalized spacial score (nSPS) is 16.7. The number of allylic oxidation sites excluding steroid dienone is 1. The minimum absolute atomic E-state index is 0.270. The summed E-state index contributed by atoms with van der Waals surface area (Å²) in [6, 6.07) is 13.9. The van der Waals surface area contributed by atoms with Crippen LogP contribution in [-0.4, -0.2) is 6.03 Å². The maximum absolute atomic E-state index is 12.2. The Morgan fingerprint density at radius 3 is 2.59 bits per heavy atom. The molecule has 0 fully saturated rings. The van der Waals surface area contributed by atoms with Gasteiger partial charge in [0.1, 0.15) is 12.4 Å². The van der Waals surface area contributed by atoms with E-state index in [0.29, 0.717) is 27.1 Å². The van der Waals surface area contributed by atoms with Gasteiger partial charge in [-0.25, -0.2) is 4.79 Å². The predicted octanol–water partition coefficient (Wildman–Crippen LogP) is 5.75. The van der Waals surface area contributed by atoms with Crippen molar-refractivity contribution in [2.45, 2.75) is 33.4 Å². The lowest BCUT2D eigenvalue weighted by atomic mass is 9.84. The quantitative estimate of drug-likeness (QED) is 0.649. The SMILES string of the molecule is CC(C)(C)C1=C(C#N)[C@@H](c2cccc(OCc3ccc(Cl)cc3Cl)c2)NC(=O)N1. The molecule has 1 aliphatic rings. The smallest absolute Gasteiger partial charge is 0.319 e. The van der Waals surface area contributed by atoms with E-state index in [1.165, 1.54) is 0 Å². The van der Waals surface area contributed by atoms with Crippen molar-refractivity contribution in [2.75, 3.05) is 0 Å². The number of carbonyl (C=O) groups is 1. The highest BCUT2D eigenvalue weighted by Crippen LogP contribution is 2.35. The Labute approximate surface area is 180 Å². The zero-order valence-corrected chi connectivity index (χ0v) is 17.9. The number of carbonyl (C=O) groups excluding carboxylic acids is 1. The lowest BCUT2D eigenvalue weighted by Gasteiger charge is -2.33. The first kappa shape index (κ1) is 21.0. The van der Waals surface area contributed by atoms with Gasteiger partial charge in [0.25, 0.3) is 0 Å². The second-order valence-corrected chi connectivity index (χ2v) is 8.62. The molecule has 1 atom stereocenters. The van der Waals surface area contributed by atoms with E-state index in [1.54, 1.807) is 12.1 Å². The molecule has 2 amide bonds. The van der Waals surface area contributed by atoms with E-state index in [1.807, 2.05) is 51.1 Å². The van der Waals surface area contributed by atoms with Crippen molar-refractivity contribution in [1.82, 2.24) is 10.6 Å². The van der Waals surface area contributed by atoms with Gasteiger partial charge in [-0.05, 0) is 29.8 Å². The van der Waals surface area contributed by atoms with Crippen LogP contribution >= 0.6 is 23.2 Å². The summed E-state index contributed by atoms with van der Waals surface area (Å²) in [5.41, 5.74) is 2.30. The van der Waals surface area contributed by atoms with E-state index >= 15 is 0 Å². The largest absolute Gasteiger partial charge is 0.489 e. The molecule has 1 heterocycles. The lowest BCUT2D eigenvalue weighted by molar-refractivity contribution is 0.235. The zero-order valence-electron chi connectivity index (χ0n) is 16.3. The summed E-state index contributed by atoms with van der Waals surface area (Å²) in [7, 11) is 0. The van der Waals surface area contributed by atoms with Crippen LogP contribution in [0.25, 0.3) is 0 Å². The van der Waals surface area contributed by atoms with Crippen molar-refractivity contribution in [3.63, 3.8) is 0 Å². The van der Waals surface area contributed by atoms with Crippen molar-refractivity contribution in [3.8, 4) is 11.8 Å². The number of nitrogens with zero attached hydrogens (tertiary/aromatic N) is 1. The zero-order chi connectivity index (χ0) is 21.2. The van der Waals surface area contributed by atoms with E-state index in [4.69, 9.17) is 27.9 Å². The van der Waals surface area contributed by atoms with E-state index < -0.39 is 6.04 Å². The number of benzene rings is 2. The van der Waals surface area contributed by atoms with Crippen LogP contribution < -0.4 is 15.4 Å². The van der Waals surface area contributed by atoms with E-state index in [9.17, 15) is 10.1 Å². The topological polar surface area (TPSA) is 74.1 Å². The highest BCUT2D eigenvalue weighted by Gasteiger charge is 2.33. The lowest BCUT2D eigenvalue weighted by Crippen LogP contribution is -2.46. The molecular formula is C22H21Cl2N3O2. The molecule has 0 unspecified atom stereocenters. The first-order valence-corrected chi connectivity index (χ1v) is 9.83. The molecule has 1 aliphatic heterocycles. The fourth-order valence-corrected chi connectivity index (χ4v) is 3.57. The summed E-state index contributed by atoms with van der Waals surface area (Å²) in [5.74, 6) is 0.607. The van der Waals surface area contributed by atoms with Crippen LogP contribution in [0, 0.1) is 16.7 Å². The minimum Gasteiger partial charge on any atom is -0.489 e. The van der Waals surface area contributed by atoms with Crippen molar-refractivity contribution in [3.05, 3.63) is 74.9 Å². The average molecular weight is 430 g/mol. The molecule has 150 valence electrons. The van der Waals surface area contributed by atoms with Crippen LogP contribution in [0.2, 0.25) is 10.0 Å². The third-order valence-electron chi connectivity index (χ3n) is 4.54. The summed E-state index contributed by atoms with van der Waals surface area (Å²) in [5, 5.41) is 16.5. The average Bonchev–Trinajstić information content (AvgIpc) is 2.66. The van der Waals surface area contributed by atoms with Crippen molar-refractivity contribution in [1.29, 1.82) is 5.26 Å². The Hall–Kier alpha value is -2.68. The molecule has 0 radical (unpaired) electrons. The maximum atomic E-state index is 12.2. The fraction of sp³-hybridized carbons (Fsp3) is 0.273. The third-order valence-corrected chi connectivity index (χ3v) is 5.13. The van der Waals surface area contributed by atoms with Crippen LogP contribution in [0.3, 0.4) is 0 Å². The summed E-state index contributed by atoms with van der Waals surface area (Å²) < 4.78 is 5.88. The number of amides is 2. The van der Waals surface area contributed by atoms with Gasteiger partial charge < -0.3 is 15.4 Å². The van der Waals surface area contributed by atoms with Gasteiger partial charge in [-0.1, -0.05) is 62.2 Å². The molecule has 0 bridgehead atoms. The van der Waals surface area contributed by atoms with E-state index in [0.717, 1.165) is 11.1 Å². The number of halogens is 2. The van der Waals surface area contributed by atoms with Crippen LogP contribution in [0.5, 0.6) is 5.75 Å². The molecule has 5 nitrogen and oxygen atoms in total. The summed E-state index contributed by atoms with van der Waals surface area (Å²) in [6.07, 6.45) is 0. The van der Waals surface area contributed by atoms with Crippen molar-refractivity contribution >= 4 is 29.2 Å². The van der Waals surface area contributed by atoms with Gasteiger partial charge in [-0.2, -0.15) is 5.26 Å². The van der Waals surface area contributed by atoms with E-state index in [-0.39, 0.29) is 18.1 Å². The molecular weight excluding hydrogens is 409 g/mol. The van der Waals surface area contributed by atoms with Crippen LogP contribution in [-0.2, 0) is 6.61 Å². The van der Waals surface area contributed by atoms with Crippen LogP contribution in [0.15, 0.2) is 53.7 Å². The number of nitriles is 1. The molecule has 2 aromatic rings. The highest BCUT2D eigenvalue weighted by atomic mass is 35.5. The second-order valence-electron chi connectivity index (χ2n) is 7.78. The molecule has 0 aliphatic carbocycles. The summed E-state index contributed by atoms with van der Waals surface area (Å²) >= 11 is 12.1. The highest BCUT2D eigenvalue weighted by molar-refractivity contribution is 6.35. The molecule has 0 saturated carbocycles. The number of hydrogen-bond donors (Lipinski definition) is 2. The Balaban J connectivity index is 1.88. The minimum atomic E-state index is -0.550. The van der Waals surface area contributed by atoms with Gasteiger partial charge in [0.15, 0.2) is 0 Å². The van der Waals surface area contributed by atoms with Crippen molar-refractivity contribution in [2.24, 2.45) is 5.41 Å². The molecule has 0 aromatic heterocycles. The standard InChI is InChI=1S/C22H21Cl2N3O2/c1-22(2,3)20-17(11-25)19(26-21(28)27-20)13-5-4-6-16(9-13)29-12-14-7-8-15(23)10-18(14)24/h4-10,19H,12H2,1-3H3,(H2,26,27,28)/t19-/m1/s1. The number of hydrogen-bond acceptors (Lipinski definition) is 3. The third kappa shape index (κ3) is 4.84. The molecule has 0 spiro atoms. The molecule has 29 heavy (non-hydrogen) atoms. The fourth-order valence-electron chi connectivity index (χ4n) is 3.11. The predicted molar refractivity (Wildman–Crippen MR) is 114 cm³/mol. The van der Waals surface area contributed by atoms with Gasteiger partial charge >= 0.3 is 6.03 Å². The van der Waals surface area contributed by atoms with Gasteiger partial charge in [0.2, 0.25) is 0 Å². The second kappa shape index (κ2) is 8.36. The first-order valence-electron chi connectivity index (χ1n) is 9.08. The first-order chi connectivity index (χ1) is 13.7. The van der Waals surface area contributed by atoms with E-state index in [2.05, 4.69) is 16.7 Å².